The maximum Gasteiger partial charge on any atom is 0.268 e. The standard InChI is InChI=1S/C22H29N5O3/c1-25-21(28)13-20(15-24-25)27-8-2-3-18(16-27)22(29)23-14-17-4-6-19(7-5-17)26-9-11-30-12-10-26/h4-7,13,15,18H,2-3,8-12,14,16H2,1H3,(H,23,29)/t18-/m1/s1. The molecule has 2 saturated heterocycles. The van der Waals surface area contributed by atoms with E-state index in [-0.39, 0.29) is 17.4 Å². The Bertz CT molecular complexity index is 921. The topological polar surface area (TPSA) is 79.7 Å². The summed E-state index contributed by atoms with van der Waals surface area (Å²) in [6.45, 7) is 5.33. The maximum absolute atomic E-state index is 12.7. The zero-order chi connectivity index (χ0) is 20.9. The van der Waals surface area contributed by atoms with Gasteiger partial charge in [0.25, 0.3) is 5.56 Å². The molecule has 2 aromatic rings. The molecule has 1 aromatic carbocycles. The van der Waals surface area contributed by atoms with Gasteiger partial charge in [0, 0.05) is 51.5 Å². The van der Waals surface area contributed by atoms with E-state index in [1.807, 2.05) is 0 Å². The number of aromatic nitrogens is 2. The van der Waals surface area contributed by atoms with E-state index in [1.165, 1.54) is 10.4 Å². The number of aryl methyl sites for hydroxylation is 1. The Hall–Kier alpha value is -2.87. The van der Waals surface area contributed by atoms with Gasteiger partial charge in [0.15, 0.2) is 0 Å². The second-order valence-corrected chi connectivity index (χ2v) is 7.94. The first-order valence-corrected chi connectivity index (χ1v) is 10.6. The molecule has 3 heterocycles. The number of anilines is 2. The zero-order valence-electron chi connectivity index (χ0n) is 17.4. The molecule has 0 spiro atoms. The van der Waals surface area contributed by atoms with Crippen LogP contribution in [0.4, 0.5) is 11.4 Å². The van der Waals surface area contributed by atoms with Crippen LogP contribution in [0.15, 0.2) is 41.3 Å². The minimum atomic E-state index is -0.139. The van der Waals surface area contributed by atoms with Gasteiger partial charge >= 0.3 is 0 Å². The van der Waals surface area contributed by atoms with Crippen molar-refractivity contribution < 1.29 is 9.53 Å². The molecule has 0 aliphatic carbocycles. The molecule has 8 heteroatoms. The Balaban J connectivity index is 1.31. The molecule has 0 unspecified atom stereocenters. The smallest absolute Gasteiger partial charge is 0.268 e. The lowest BCUT2D eigenvalue weighted by molar-refractivity contribution is -0.125. The Morgan fingerprint density at radius 1 is 1.13 bits per heavy atom. The number of nitrogens with zero attached hydrogens (tertiary/aromatic N) is 4. The third kappa shape index (κ3) is 4.81. The highest BCUT2D eigenvalue weighted by atomic mass is 16.5. The Morgan fingerprint density at radius 2 is 1.90 bits per heavy atom. The second kappa shape index (κ2) is 9.30. The molecule has 1 amide bonds. The molecular weight excluding hydrogens is 382 g/mol. The van der Waals surface area contributed by atoms with Gasteiger partial charge in [0.2, 0.25) is 5.91 Å². The second-order valence-electron chi connectivity index (χ2n) is 7.94. The highest BCUT2D eigenvalue weighted by Gasteiger charge is 2.26. The summed E-state index contributed by atoms with van der Waals surface area (Å²) in [6.07, 6.45) is 3.47. The monoisotopic (exact) mass is 411 g/mol. The normalized spacial score (nSPS) is 19.6. The lowest BCUT2D eigenvalue weighted by Crippen LogP contribution is -2.43. The van der Waals surface area contributed by atoms with Crippen molar-refractivity contribution in [3.8, 4) is 0 Å². The van der Waals surface area contributed by atoms with Crippen LogP contribution in [-0.2, 0) is 23.1 Å². The molecule has 0 radical (unpaired) electrons. The summed E-state index contributed by atoms with van der Waals surface area (Å²) < 4.78 is 6.71. The van der Waals surface area contributed by atoms with E-state index in [9.17, 15) is 9.59 Å². The van der Waals surface area contributed by atoms with Crippen LogP contribution in [0.25, 0.3) is 0 Å². The largest absolute Gasteiger partial charge is 0.378 e. The number of piperidine rings is 1. The van der Waals surface area contributed by atoms with Crippen molar-refractivity contribution in [2.75, 3.05) is 49.2 Å². The predicted molar refractivity (Wildman–Crippen MR) is 116 cm³/mol. The third-order valence-corrected chi connectivity index (χ3v) is 5.89. The van der Waals surface area contributed by atoms with Crippen LogP contribution in [0.3, 0.4) is 0 Å². The van der Waals surface area contributed by atoms with Gasteiger partial charge in [-0.1, -0.05) is 12.1 Å². The van der Waals surface area contributed by atoms with Crippen LogP contribution in [0.5, 0.6) is 0 Å². The van der Waals surface area contributed by atoms with Crippen LogP contribution in [-0.4, -0.2) is 55.1 Å². The summed E-state index contributed by atoms with van der Waals surface area (Å²) in [7, 11) is 1.63. The van der Waals surface area contributed by atoms with Gasteiger partial charge in [-0.2, -0.15) is 5.10 Å². The summed E-state index contributed by atoms with van der Waals surface area (Å²) >= 11 is 0. The van der Waals surface area contributed by atoms with Crippen LogP contribution >= 0.6 is 0 Å². The first kappa shape index (κ1) is 20.4. The first-order chi connectivity index (χ1) is 14.6. The van der Waals surface area contributed by atoms with Crippen LogP contribution in [0.2, 0.25) is 0 Å². The van der Waals surface area contributed by atoms with Gasteiger partial charge in [-0.25, -0.2) is 4.68 Å². The molecule has 0 bridgehead atoms. The van der Waals surface area contributed by atoms with E-state index in [0.29, 0.717) is 13.1 Å². The summed E-state index contributed by atoms with van der Waals surface area (Å²) in [5.74, 6) is -0.0239. The maximum atomic E-state index is 12.7. The molecule has 0 saturated carbocycles. The quantitative estimate of drug-likeness (QED) is 0.795. The number of rotatable bonds is 5. The molecule has 4 rings (SSSR count). The Labute approximate surface area is 176 Å². The van der Waals surface area contributed by atoms with Gasteiger partial charge in [-0.05, 0) is 30.5 Å². The van der Waals surface area contributed by atoms with Crippen molar-refractivity contribution in [3.63, 3.8) is 0 Å². The molecule has 30 heavy (non-hydrogen) atoms. The van der Waals surface area contributed by atoms with E-state index in [2.05, 4.69) is 44.5 Å². The van der Waals surface area contributed by atoms with Crippen LogP contribution in [0, 0.1) is 5.92 Å². The minimum absolute atomic E-state index is 0.0637. The van der Waals surface area contributed by atoms with E-state index in [0.717, 1.165) is 56.9 Å². The van der Waals surface area contributed by atoms with Gasteiger partial charge in [0.1, 0.15) is 0 Å². The van der Waals surface area contributed by atoms with Gasteiger partial charge in [-0.3, -0.25) is 9.59 Å². The van der Waals surface area contributed by atoms with Crippen molar-refractivity contribution in [3.05, 3.63) is 52.4 Å². The first-order valence-electron chi connectivity index (χ1n) is 10.6. The molecule has 1 aromatic heterocycles. The fraction of sp³-hybridized carbons (Fsp3) is 0.500. The third-order valence-electron chi connectivity index (χ3n) is 5.89. The van der Waals surface area contributed by atoms with E-state index in [4.69, 9.17) is 4.74 Å². The molecule has 2 aliphatic rings. The molecule has 8 nitrogen and oxygen atoms in total. The number of morpholine rings is 1. The summed E-state index contributed by atoms with van der Waals surface area (Å²) in [5, 5.41) is 7.17. The lowest BCUT2D eigenvalue weighted by atomic mass is 9.96. The number of ether oxygens (including phenoxy) is 1. The molecular formula is C22H29N5O3. The van der Waals surface area contributed by atoms with Crippen molar-refractivity contribution in [1.82, 2.24) is 15.1 Å². The van der Waals surface area contributed by atoms with Crippen LogP contribution < -0.4 is 20.7 Å². The van der Waals surface area contributed by atoms with Gasteiger partial charge in [0.05, 0.1) is 31.0 Å². The Morgan fingerprint density at radius 3 is 2.63 bits per heavy atom. The fourth-order valence-corrected chi connectivity index (χ4v) is 4.04. The summed E-state index contributed by atoms with van der Waals surface area (Å²) in [5.41, 5.74) is 2.93. The molecule has 160 valence electrons. The van der Waals surface area contributed by atoms with Crippen molar-refractivity contribution in [1.29, 1.82) is 0 Å². The number of hydrogen-bond donors (Lipinski definition) is 1. The average Bonchev–Trinajstić information content (AvgIpc) is 2.80. The number of benzene rings is 1. The van der Waals surface area contributed by atoms with E-state index in [1.54, 1.807) is 19.3 Å². The SMILES string of the molecule is Cn1ncc(N2CCC[C@@H](C(=O)NCc3ccc(N4CCOCC4)cc3)C2)cc1=O. The van der Waals surface area contributed by atoms with E-state index >= 15 is 0 Å². The highest BCUT2D eigenvalue weighted by Crippen LogP contribution is 2.22. The lowest BCUT2D eigenvalue weighted by Gasteiger charge is -2.33. The van der Waals surface area contributed by atoms with Crippen LogP contribution in [0.1, 0.15) is 18.4 Å². The number of carbonyl (C=O) groups is 1. The number of nitrogens with one attached hydrogen (secondary N) is 1. The minimum Gasteiger partial charge on any atom is -0.378 e. The number of amides is 1. The average molecular weight is 412 g/mol. The Kier molecular flexibility index (Phi) is 6.32. The molecule has 1 atom stereocenters. The van der Waals surface area contributed by atoms with E-state index < -0.39 is 0 Å². The predicted octanol–water partition coefficient (Wildman–Crippen LogP) is 1.15. The summed E-state index contributed by atoms with van der Waals surface area (Å²) in [6, 6.07) is 9.95. The molecule has 2 aliphatic heterocycles. The highest BCUT2D eigenvalue weighted by molar-refractivity contribution is 5.79. The van der Waals surface area contributed by atoms with Crippen molar-refractivity contribution in [2.24, 2.45) is 13.0 Å². The number of carbonyl (C=O) groups excluding carboxylic acids is 1. The van der Waals surface area contributed by atoms with Gasteiger partial charge in [-0.15, -0.1) is 0 Å². The van der Waals surface area contributed by atoms with Crippen molar-refractivity contribution in [2.45, 2.75) is 19.4 Å². The molecule has 2 fully saturated rings. The molecule has 1 N–H and O–H groups in total. The summed E-state index contributed by atoms with van der Waals surface area (Å²) in [4.78, 5) is 29.0. The zero-order valence-corrected chi connectivity index (χ0v) is 17.4. The van der Waals surface area contributed by atoms with Gasteiger partial charge < -0.3 is 19.9 Å². The fourth-order valence-electron chi connectivity index (χ4n) is 4.04. The van der Waals surface area contributed by atoms with Crippen molar-refractivity contribution >= 4 is 17.3 Å². The number of hydrogen-bond acceptors (Lipinski definition) is 6.